The largest absolute Gasteiger partial charge is 0.497 e. The first kappa shape index (κ1) is 13.7. The molecule has 0 aromatic heterocycles. The highest BCUT2D eigenvalue weighted by atomic mass is 16.5. The maximum absolute atomic E-state index is 12.2. The summed E-state index contributed by atoms with van der Waals surface area (Å²) in [5.41, 5.74) is 0.779. The summed E-state index contributed by atoms with van der Waals surface area (Å²) in [7, 11) is 1.62. The van der Waals surface area contributed by atoms with Gasteiger partial charge in [0.15, 0.2) is 0 Å². The molecule has 4 heteroatoms. The van der Waals surface area contributed by atoms with Crippen LogP contribution in [0.5, 0.6) is 5.75 Å². The third-order valence-corrected chi connectivity index (χ3v) is 3.28. The Labute approximate surface area is 114 Å². The molecule has 1 aromatic rings. The van der Waals surface area contributed by atoms with Crippen LogP contribution >= 0.6 is 0 Å². The lowest BCUT2D eigenvalue weighted by atomic mass is 10.3. The Balaban J connectivity index is 1.96. The molecule has 1 saturated carbocycles. The third-order valence-electron chi connectivity index (χ3n) is 3.28. The van der Waals surface area contributed by atoms with E-state index in [1.807, 2.05) is 29.2 Å². The molecule has 0 bridgehead atoms. The molecule has 19 heavy (non-hydrogen) atoms. The normalized spacial score (nSPS) is 14.0. The molecule has 0 saturated heterocycles. The van der Waals surface area contributed by atoms with Crippen molar-refractivity contribution in [3.8, 4) is 5.75 Å². The molecule has 1 aliphatic carbocycles. The minimum atomic E-state index is -0.0120. The van der Waals surface area contributed by atoms with Crippen molar-refractivity contribution in [1.82, 2.24) is 4.90 Å². The van der Waals surface area contributed by atoms with Crippen LogP contribution in [0.25, 0.3) is 0 Å². The van der Waals surface area contributed by atoms with Crippen LogP contribution in [0.2, 0.25) is 0 Å². The number of rotatable bonds is 6. The average molecular weight is 262 g/mol. The second-order valence-electron chi connectivity index (χ2n) is 5.05. The molecule has 0 atom stereocenters. The zero-order valence-electron chi connectivity index (χ0n) is 11.7. The van der Waals surface area contributed by atoms with Gasteiger partial charge in [-0.1, -0.05) is 13.0 Å². The van der Waals surface area contributed by atoms with Crippen molar-refractivity contribution in [3.05, 3.63) is 24.3 Å². The van der Waals surface area contributed by atoms with E-state index >= 15 is 0 Å². The predicted octanol–water partition coefficient (Wildman–Crippen LogP) is 3.35. The van der Waals surface area contributed by atoms with Crippen molar-refractivity contribution in [2.45, 2.75) is 26.2 Å². The predicted molar refractivity (Wildman–Crippen MR) is 76.6 cm³/mol. The molecule has 1 N–H and O–H groups in total. The number of carbonyl (C=O) groups excluding carboxylic acids is 1. The Morgan fingerprint density at radius 2 is 2.26 bits per heavy atom. The van der Waals surface area contributed by atoms with E-state index in [9.17, 15) is 4.79 Å². The Morgan fingerprint density at radius 1 is 1.47 bits per heavy atom. The van der Waals surface area contributed by atoms with Crippen molar-refractivity contribution in [2.75, 3.05) is 25.5 Å². The summed E-state index contributed by atoms with van der Waals surface area (Å²) in [5, 5.41) is 2.94. The highest BCUT2D eigenvalue weighted by molar-refractivity contribution is 5.89. The lowest BCUT2D eigenvalue weighted by molar-refractivity contribution is 0.209. The summed E-state index contributed by atoms with van der Waals surface area (Å²) in [6.45, 7) is 3.79. The molecule has 2 rings (SSSR count). The Morgan fingerprint density at radius 3 is 2.89 bits per heavy atom. The van der Waals surface area contributed by atoms with Crippen molar-refractivity contribution < 1.29 is 9.53 Å². The second-order valence-corrected chi connectivity index (χ2v) is 5.05. The smallest absolute Gasteiger partial charge is 0.321 e. The number of nitrogens with zero attached hydrogens (tertiary/aromatic N) is 1. The Kier molecular flexibility index (Phi) is 4.66. The maximum atomic E-state index is 12.2. The molecule has 0 heterocycles. The summed E-state index contributed by atoms with van der Waals surface area (Å²) in [6, 6.07) is 7.44. The average Bonchev–Trinajstić information content (AvgIpc) is 3.22. The van der Waals surface area contributed by atoms with Crippen LogP contribution in [-0.2, 0) is 0 Å². The molecule has 104 valence electrons. The van der Waals surface area contributed by atoms with Gasteiger partial charge in [-0.2, -0.15) is 0 Å². The van der Waals surface area contributed by atoms with Gasteiger partial charge in [-0.15, -0.1) is 0 Å². The first-order chi connectivity index (χ1) is 9.22. The SMILES string of the molecule is CCCN(CC1CC1)C(=O)Nc1cccc(OC)c1. The van der Waals surface area contributed by atoms with Crippen molar-refractivity contribution in [3.63, 3.8) is 0 Å². The summed E-state index contributed by atoms with van der Waals surface area (Å²) < 4.78 is 5.15. The maximum Gasteiger partial charge on any atom is 0.321 e. The van der Waals surface area contributed by atoms with Gasteiger partial charge >= 0.3 is 6.03 Å². The first-order valence-corrected chi connectivity index (χ1v) is 6.93. The second kappa shape index (κ2) is 6.45. The molecule has 2 amide bonds. The van der Waals surface area contributed by atoms with E-state index in [0.29, 0.717) is 5.92 Å². The highest BCUT2D eigenvalue weighted by Crippen LogP contribution is 2.30. The number of anilines is 1. The summed E-state index contributed by atoms with van der Waals surface area (Å²) in [5.74, 6) is 1.46. The van der Waals surface area contributed by atoms with Crippen LogP contribution in [0.3, 0.4) is 0 Å². The molecular weight excluding hydrogens is 240 g/mol. The summed E-state index contributed by atoms with van der Waals surface area (Å²) >= 11 is 0. The fourth-order valence-corrected chi connectivity index (χ4v) is 2.06. The number of benzene rings is 1. The van der Waals surface area contributed by atoms with Crippen LogP contribution in [0.4, 0.5) is 10.5 Å². The lowest BCUT2D eigenvalue weighted by Gasteiger charge is -2.22. The number of nitrogens with one attached hydrogen (secondary N) is 1. The number of carbonyl (C=O) groups is 1. The zero-order valence-corrected chi connectivity index (χ0v) is 11.7. The van der Waals surface area contributed by atoms with E-state index in [-0.39, 0.29) is 6.03 Å². The van der Waals surface area contributed by atoms with Crippen molar-refractivity contribution in [2.24, 2.45) is 5.92 Å². The third kappa shape index (κ3) is 4.16. The minimum Gasteiger partial charge on any atom is -0.497 e. The molecule has 0 spiro atoms. The first-order valence-electron chi connectivity index (χ1n) is 6.93. The van der Waals surface area contributed by atoms with Crippen LogP contribution in [0, 0.1) is 5.92 Å². The molecule has 1 aromatic carbocycles. The molecule has 1 fully saturated rings. The highest BCUT2D eigenvalue weighted by Gasteiger charge is 2.26. The van der Waals surface area contributed by atoms with Gasteiger partial charge in [-0.3, -0.25) is 0 Å². The molecule has 1 aliphatic rings. The summed E-state index contributed by atoms with van der Waals surface area (Å²) in [4.78, 5) is 14.2. The van der Waals surface area contributed by atoms with Gasteiger partial charge in [-0.25, -0.2) is 4.79 Å². The van der Waals surface area contributed by atoms with Gasteiger partial charge in [0.2, 0.25) is 0 Å². The van der Waals surface area contributed by atoms with Crippen molar-refractivity contribution in [1.29, 1.82) is 0 Å². The number of methoxy groups -OCH3 is 1. The molecule has 0 unspecified atom stereocenters. The minimum absolute atomic E-state index is 0.0120. The van der Waals surface area contributed by atoms with Gasteiger partial charge in [0.1, 0.15) is 5.75 Å². The Hall–Kier alpha value is -1.71. The molecule has 0 radical (unpaired) electrons. The standard InChI is InChI=1S/C15H22N2O2/c1-3-9-17(11-12-7-8-12)15(18)16-13-5-4-6-14(10-13)19-2/h4-6,10,12H,3,7-9,11H2,1-2H3,(H,16,18). The number of hydrogen-bond acceptors (Lipinski definition) is 2. The van der Waals surface area contributed by atoms with Gasteiger partial charge in [0.25, 0.3) is 0 Å². The Bertz CT molecular complexity index is 430. The number of ether oxygens (including phenoxy) is 1. The number of urea groups is 1. The fourth-order valence-electron chi connectivity index (χ4n) is 2.06. The summed E-state index contributed by atoms with van der Waals surface area (Å²) in [6.07, 6.45) is 3.50. The van der Waals surface area contributed by atoms with Crippen molar-refractivity contribution >= 4 is 11.7 Å². The van der Waals surface area contributed by atoms with Gasteiger partial charge < -0.3 is 15.0 Å². The molecule has 0 aliphatic heterocycles. The van der Waals surface area contributed by atoms with E-state index < -0.39 is 0 Å². The van der Waals surface area contributed by atoms with Gasteiger partial charge in [0, 0.05) is 24.8 Å². The van der Waals surface area contributed by atoms with E-state index in [2.05, 4.69) is 12.2 Å². The molecule has 4 nitrogen and oxygen atoms in total. The fraction of sp³-hybridized carbons (Fsp3) is 0.533. The topological polar surface area (TPSA) is 41.6 Å². The van der Waals surface area contributed by atoms with E-state index in [4.69, 9.17) is 4.74 Å². The zero-order chi connectivity index (χ0) is 13.7. The quantitative estimate of drug-likeness (QED) is 0.854. The lowest BCUT2D eigenvalue weighted by Crippen LogP contribution is -2.37. The van der Waals surface area contributed by atoms with Crippen LogP contribution in [0.15, 0.2) is 24.3 Å². The monoisotopic (exact) mass is 262 g/mol. The van der Waals surface area contributed by atoms with E-state index in [1.54, 1.807) is 7.11 Å². The number of hydrogen-bond donors (Lipinski definition) is 1. The molecular formula is C15H22N2O2. The van der Waals surface area contributed by atoms with Crippen LogP contribution < -0.4 is 10.1 Å². The van der Waals surface area contributed by atoms with Gasteiger partial charge in [-0.05, 0) is 37.3 Å². The number of amides is 2. The van der Waals surface area contributed by atoms with E-state index in [1.165, 1.54) is 12.8 Å². The van der Waals surface area contributed by atoms with Crippen LogP contribution in [0.1, 0.15) is 26.2 Å². The van der Waals surface area contributed by atoms with Crippen LogP contribution in [-0.4, -0.2) is 31.1 Å². The van der Waals surface area contributed by atoms with E-state index in [0.717, 1.165) is 30.9 Å². The van der Waals surface area contributed by atoms with Gasteiger partial charge in [0.05, 0.1) is 7.11 Å².